The number of nitrogen functional groups attached to an aromatic ring is 1. The van der Waals surface area contributed by atoms with Crippen molar-refractivity contribution in [1.29, 1.82) is 0 Å². The van der Waals surface area contributed by atoms with E-state index in [4.69, 9.17) is 17.3 Å². The summed E-state index contributed by atoms with van der Waals surface area (Å²) >= 11 is 6.10. The van der Waals surface area contributed by atoms with Crippen molar-refractivity contribution in [3.8, 4) is 0 Å². The second-order valence-corrected chi connectivity index (χ2v) is 5.20. The Bertz CT molecular complexity index is 612. The summed E-state index contributed by atoms with van der Waals surface area (Å²) in [5, 5.41) is 0.709. The Morgan fingerprint density at radius 3 is 2.53 bits per heavy atom. The third-order valence-electron chi connectivity index (χ3n) is 3.53. The third kappa shape index (κ3) is 2.10. The standard InChI is InChI=1S/C15H16ClN3/c1-18-8-9-19(14-5-3-2-4-13(14)18)15-10-11(16)6-7-12(15)17/h2-7,10H,8-9,17H2,1H3. The number of fused-ring (bicyclic) bond motifs is 1. The van der Waals surface area contributed by atoms with Gasteiger partial charge in [0.15, 0.2) is 0 Å². The summed E-state index contributed by atoms with van der Waals surface area (Å²) in [7, 11) is 2.11. The van der Waals surface area contributed by atoms with Gasteiger partial charge >= 0.3 is 0 Å². The highest BCUT2D eigenvalue weighted by atomic mass is 35.5. The lowest BCUT2D eigenvalue weighted by Crippen LogP contribution is -2.36. The van der Waals surface area contributed by atoms with Crippen LogP contribution in [0.1, 0.15) is 0 Å². The molecule has 0 fully saturated rings. The van der Waals surface area contributed by atoms with E-state index >= 15 is 0 Å². The molecular weight excluding hydrogens is 258 g/mol. The molecule has 0 aliphatic carbocycles. The van der Waals surface area contributed by atoms with Crippen molar-refractivity contribution in [2.24, 2.45) is 0 Å². The minimum atomic E-state index is 0.709. The SMILES string of the molecule is CN1CCN(c2cc(Cl)ccc2N)c2ccccc21. The minimum Gasteiger partial charge on any atom is -0.397 e. The van der Waals surface area contributed by atoms with Crippen molar-refractivity contribution in [3.63, 3.8) is 0 Å². The van der Waals surface area contributed by atoms with E-state index in [9.17, 15) is 0 Å². The zero-order valence-corrected chi connectivity index (χ0v) is 11.6. The van der Waals surface area contributed by atoms with Crippen LogP contribution in [0.2, 0.25) is 5.02 Å². The minimum absolute atomic E-state index is 0.709. The molecule has 0 spiro atoms. The lowest BCUT2D eigenvalue weighted by molar-refractivity contribution is 0.823. The van der Waals surface area contributed by atoms with E-state index in [-0.39, 0.29) is 0 Å². The molecular formula is C15H16ClN3. The largest absolute Gasteiger partial charge is 0.397 e. The maximum atomic E-state index is 6.10. The van der Waals surface area contributed by atoms with Gasteiger partial charge in [-0.3, -0.25) is 0 Å². The first-order valence-corrected chi connectivity index (χ1v) is 6.67. The first kappa shape index (κ1) is 12.2. The molecule has 98 valence electrons. The summed E-state index contributed by atoms with van der Waals surface area (Å²) in [5.41, 5.74) is 10.2. The number of rotatable bonds is 1. The molecule has 0 atom stereocenters. The Balaban J connectivity index is 2.12. The molecule has 3 nitrogen and oxygen atoms in total. The van der Waals surface area contributed by atoms with Gasteiger partial charge < -0.3 is 15.5 Å². The second kappa shape index (κ2) is 4.67. The first-order chi connectivity index (χ1) is 9.16. The number of para-hydroxylation sites is 2. The maximum absolute atomic E-state index is 6.10. The lowest BCUT2D eigenvalue weighted by Gasteiger charge is -2.37. The van der Waals surface area contributed by atoms with Crippen LogP contribution in [-0.4, -0.2) is 20.1 Å². The number of nitrogens with two attached hydrogens (primary N) is 1. The summed E-state index contributed by atoms with van der Waals surface area (Å²) in [5.74, 6) is 0. The van der Waals surface area contributed by atoms with Gasteiger partial charge in [-0.05, 0) is 30.3 Å². The molecule has 3 rings (SSSR count). The molecule has 1 aliphatic heterocycles. The van der Waals surface area contributed by atoms with E-state index in [1.54, 1.807) is 0 Å². The van der Waals surface area contributed by atoms with E-state index < -0.39 is 0 Å². The zero-order valence-electron chi connectivity index (χ0n) is 10.8. The Kier molecular flexibility index (Phi) is 2.99. The average Bonchev–Trinajstić information content (AvgIpc) is 2.43. The van der Waals surface area contributed by atoms with Crippen LogP contribution in [0, 0.1) is 0 Å². The predicted octanol–water partition coefficient (Wildman–Crippen LogP) is 3.51. The van der Waals surface area contributed by atoms with E-state index in [1.165, 1.54) is 11.4 Å². The highest BCUT2D eigenvalue weighted by Crippen LogP contribution is 2.39. The smallest absolute Gasteiger partial charge is 0.0660 e. The third-order valence-corrected chi connectivity index (χ3v) is 3.76. The molecule has 0 amide bonds. The Morgan fingerprint density at radius 2 is 1.74 bits per heavy atom. The Hall–Kier alpha value is -1.87. The Labute approximate surface area is 118 Å². The molecule has 0 saturated heterocycles. The van der Waals surface area contributed by atoms with Crippen LogP contribution in [-0.2, 0) is 0 Å². The second-order valence-electron chi connectivity index (χ2n) is 4.77. The molecule has 0 bridgehead atoms. The van der Waals surface area contributed by atoms with Crippen LogP contribution in [0.5, 0.6) is 0 Å². The van der Waals surface area contributed by atoms with E-state index in [0.29, 0.717) is 5.02 Å². The van der Waals surface area contributed by atoms with Gasteiger partial charge in [-0.1, -0.05) is 23.7 Å². The summed E-state index contributed by atoms with van der Waals surface area (Å²) in [6.45, 7) is 1.86. The summed E-state index contributed by atoms with van der Waals surface area (Å²) in [6, 6.07) is 14.0. The normalized spacial score (nSPS) is 14.4. The number of hydrogen-bond acceptors (Lipinski definition) is 3. The number of benzene rings is 2. The fourth-order valence-electron chi connectivity index (χ4n) is 2.51. The van der Waals surface area contributed by atoms with Gasteiger partial charge in [0, 0.05) is 25.2 Å². The molecule has 1 aliphatic rings. The lowest BCUT2D eigenvalue weighted by atomic mass is 10.1. The number of likely N-dealkylation sites (N-methyl/N-ethyl adjacent to an activating group) is 1. The van der Waals surface area contributed by atoms with Gasteiger partial charge in [0.2, 0.25) is 0 Å². The number of nitrogens with zero attached hydrogens (tertiary/aromatic N) is 2. The zero-order chi connectivity index (χ0) is 13.4. The molecule has 0 radical (unpaired) electrons. The van der Waals surface area contributed by atoms with Crippen molar-refractivity contribution in [2.45, 2.75) is 0 Å². The van der Waals surface area contributed by atoms with Crippen molar-refractivity contribution in [2.75, 3.05) is 35.7 Å². The maximum Gasteiger partial charge on any atom is 0.0660 e. The molecule has 0 aromatic heterocycles. The van der Waals surface area contributed by atoms with Crippen LogP contribution < -0.4 is 15.5 Å². The quantitative estimate of drug-likeness (QED) is 0.807. The topological polar surface area (TPSA) is 32.5 Å². The van der Waals surface area contributed by atoms with Gasteiger partial charge in [0.05, 0.1) is 22.7 Å². The molecule has 1 heterocycles. The number of halogens is 1. The highest BCUT2D eigenvalue weighted by Gasteiger charge is 2.22. The summed E-state index contributed by atoms with van der Waals surface area (Å²) in [6.07, 6.45) is 0. The highest BCUT2D eigenvalue weighted by molar-refractivity contribution is 6.31. The summed E-state index contributed by atoms with van der Waals surface area (Å²) < 4.78 is 0. The van der Waals surface area contributed by atoms with Crippen molar-refractivity contribution >= 4 is 34.4 Å². The predicted molar refractivity (Wildman–Crippen MR) is 82.6 cm³/mol. The van der Waals surface area contributed by atoms with Crippen LogP contribution in [0.4, 0.5) is 22.7 Å². The van der Waals surface area contributed by atoms with Crippen molar-refractivity contribution in [3.05, 3.63) is 47.5 Å². The fourth-order valence-corrected chi connectivity index (χ4v) is 2.67. The molecule has 0 saturated carbocycles. The number of anilines is 4. The van der Waals surface area contributed by atoms with Crippen molar-refractivity contribution < 1.29 is 0 Å². The van der Waals surface area contributed by atoms with Crippen LogP contribution in [0.25, 0.3) is 0 Å². The number of hydrogen-bond donors (Lipinski definition) is 1. The van der Waals surface area contributed by atoms with Gasteiger partial charge in [-0.25, -0.2) is 0 Å². The van der Waals surface area contributed by atoms with Gasteiger partial charge in [0.1, 0.15) is 0 Å². The van der Waals surface area contributed by atoms with Gasteiger partial charge in [0.25, 0.3) is 0 Å². The van der Waals surface area contributed by atoms with Crippen LogP contribution in [0.15, 0.2) is 42.5 Å². The van der Waals surface area contributed by atoms with Gasteiger partial charge in [-0.15, -0.1) is 0 Å². The van der Waals surface area contributed by atoms with Gasteiger partial charge in [-0.2, -0.15) is 0 Å². The molecule has 2 aromatic rings. The van der Waals surface area contributed by atoms with E-state index in [2.05, 4.69) is 35.0 Å². The van der Waals surface area contributed by atoms with Crippen LogP contribution >= 0.6 is 11.6 Å². The monoisotopic (exact) mass is 273 g/mol. The summed E-state index contributed by atoms with van der Waals surface area (Å²) in [4.78, 5) is 4.49. The molecule has 19 heavy (non-hydrogen) atoms. The van der Waals surface area contributed by atoms with E-state index in [0.717, 1.165) is 24.5 Å². The molecule has 0 unspecified atom stereocenters. The average molecular weight is 274 g/mol. The van der Waals surface area contributed by atoms with E-state index in [1.807, 2.05) is 24.3 Å². The molecule has 4 heteroatoms. The fraction of sp³-hybridized carbons (Fsp3) is 0.200. The van der Waals surface area contributed by atoms with Crippen LogP contribution in [0.3, 0.4) is 0 Å². The first-order valence-electron chi connectivity index (χ1n) is 6.29. The van der Waals surface area contributed by atoms with Crippen molar-refractivity contribution in [1.82, 2.24) is 0 Å². The molecule has 2 aromatic carbocycles. The Morgan fingerprint density at radius 1 is 1.00 bits per heavy atom. The molecule has 2 N–H and O–H groups in total.